The zero-order valence-electron chi connectivity index (χ0n) is 37.2. The number of ether oxygens (including phenoxy) is 3. The number of likely N-dealkylation sites (N-methyl/N-ethyl adjacent to an activating group) is 1. The van der Waals surface area contributed by atoms with Crippen molar-refractivity contribution in [3.63, 3.8) is 0 Å². The Bertz CT molecular complexity index is 874. The van der Waals surface area contributed by atoms with Crippen LogP contribution in [0.5, 0.6) is 0 Å². The predicted octanol–water partition coefficient (Wildman–Crippen LogP) is 12.9. The highest BCUT2D eigenvalue weighted by molar-refractivity contribution is 5.72. The van der Waals surface area contributed by atoms with E-state index < -0.39 is 18.1 Å². The van der Waals surface area contributed by atoms with Crippen molar-refractivity contribution >= 4 is 17.9 Å². The average molecular weight is 783 g/mol. The number of esters is 2. The van der Waals surface area contributed by atoms with Crippen LogP contribution in [-0.2, 0) is 28.6 Å². The highest BCUT2D eigenvalue weighted by atomic mass is 16.6. The van der Waals surface area contributed by atoms with Crippen molar-refractivity contribution in [2.75, 3.05) is 41.0 Å². The minimum Gasteiger partial charge on any atom is -0.477 e. The maximum Gasteiger partial charge on any atom is 0.362 e. The largest absolute Gasteiger partial charge is 0.477 e. The van der Waals surface area contributed by atoms with Gasteiger partial charge in [0.2, 0.25) is 0 Å². The summed E-state index contributed by atoms with van der Waals surface area (Å²) in [5.41, 5.74) is 0. The molecule has 0 aromatic rings. The Balaban J connectivity index is 4.04. The second-order valence-corrected chi connectivity index (χ2v) is 17.4. The van der Waals surface area contributed by atoms with Gasteiger partial charge in [-0.2, -0.15) is 0 Å². The van der Waals surface area contributed by atoms with Gasteiger partial charge in [0.05, 0.1) is 34.4 Å². The molecule has 0 saturated carbocycles. The molecule has 0 saturated heterocycles. The normalized spacial score (nSPS) is 12.8. The van der Waals surface area contributed by atoms with Crippen molar-refractivity contribution in [2.24, 2.45) is 0 Å². The molecule has 2 unspecified atom stereocenters. The number of rotatable bonds is 43. The van der Waals surface area contributed by atoms with Gasteiger partial charge in [-0.3, -0.25) is 9.59 Å². The summed E-state index contributed by atoms with van der Waals surface area (Å²) in [6.07, 6.45) is 40.3. The topological polar surface area (TPSA) is 99.1 Å². The van der Waals surface area contributed by atoms with Crippen LogP contribution in [0.3, 0.4) is 0 Å². The third-order valence-corrected chi connectivity index (χ3v) is 11.0. The number of carboxylic acids is 1. The Morgan fingerprint density at radius 2 is 0.800 bits per heavy atom. The summed E-state index contributed by atoms with van der Waals surface area (Å²) in [5, 5.41) is 9.60. The highest BCUT2D eigenvalue weighted by Gasteiger charge is 2.31. The van der Waals surface area contributed by atoms with E-state index in [2.05, 4.69) is 13.8 Å². The van der Waals surface area contributed by atoms with Gasteiger partial charge in [0, 0.05) is 19.3 Å². The molecule has 0 heterocycles. The molecule has 0 aromatic carbocycles. The van der Waals surface area contributed by atoms with Crippen molar-refractivity contribution in [1.82, 2.24) is 0 Å². The molecule has 0 amide bonds. The molecule has 0 bridgehead atoms. The van der Waals surface area contributed by atoms with Gasteiger partial charge in [0.25, 0.3) is 0 Å². The third-order valence-electron chi connectivity index (χ3n) is 11.0. The van der Waals surface area contributed by atoms with Crippen molar-refractivity contribution in [2.45, 2.75) is 244 Å². The second-order valence-electron chi connectivity index (χ2n) is 17.4. The van der Waals surface area contributed by atoms with Gasteiger partial charge < -0.3 is 23.8 Å². The number of unbranched alkanes of at least 4 members (excludes halogenated alkanes) is 29. The third kappa shape index (κ3) is 37.7. The van der Waals surface area contributed by atoms with Gasteiger partial charge in [-0.05, 0) is 12.8 Å². The lowest BCUT2D eigenvalue weighted by Gasteiger charge is -2.31. The van der Waals surface area contributed by atoms with Gasteiger partial charge in [-0.1, -0.05) is 200 Å². The van der Waals surface area contributed by atoms with Crippen LogP contribution in [-0.4, -0.2) is 80.6 Å². The lowest BCUT2D eigenvalue weighted by Crippen LogP contribution is -2.50. The zero-order valence-corrected chi connectivity index (χ0v) is 37.2. The SMILES string of the molecule is CCCCCCCCCCCCCCCCCCCCCCCCCC(=O)OCC(COCCC(C(=O)O)[N+](C)(C)C)OC(=O)CCCCCCCCCC. The number of carbonyl (C=O) groups excluding carboxylic acids is 2. The smallest absolute Gasteiger partial charge is 0.362 e. The number of carboxylic acid groups (broad SMARTS) is 1. The summed E-state index contributed by atoms with van der Waals surface area (Å²) in [5.74, 6) is -1.45. The Morgan fingerprint density at radius 1 is 0.473 bits per heavy atom. The number of quaternary nitrogens is 1. The maximum absolute atomic E-state index is 12.6. The van der Waals surface area contributed by atoms with Crippen molar-refractivity contribution in [1.29, 1.82) is 0 Å². The summed E-state index contributed by atoms with van der Waals surface area (Å²) in [7, 11) is 5.53. The standard InChI is InChI=1S/C47H91NO7/c1-6-8-10-12-14-16-17-18-19-20-21-22-23-24-25-26-27-28-29-30-32-33-35-37-45(49)54-42-43(41-53-40-39-44(47(51)52)48(3,4)5)55-46(50)38-36-34-31-15-13-11-9-7-2/h43-44H,6-42H2,1-5H3/p+1. The molecule has 0 aliphatic carbocycles. The summed E-state index contributed by atoms with van der Waals surface area (Å²) in [6, 6.07) is -0.607. The van der Waals surface area contributed by atoms with Crippen LogP contribution in [0, 0.1) is 0 Å². The van der Waals surface area contributed by atoms with E-state index in [0.29, 0.717) is 19.3 Å². The van der Waals surface area contributed by atoms with Crippen LogP contribution < -0.4 is 0 Å². The van der Waals surface area contributed by atoms with Crippen LogP contribution in [0.1, 0.15) is 232 Å². The van der Waals surface area contributed by atoms with E-state index in [1.807, 2.05) is 21.1 Å². The van der Waals surface area contributed by atoms with E-state index >= 15 is 0 Å². The van der Waals surface area contributed by atoms with Crippen molar-refractivity contribution in [3.05, 3.63) is 0 Å². The fraction of sp³-hybridized carbons (Fsp3) is 0.936. The molecule has 1 N–H and O–H groups in total. The highest BCUT2D eigenvalue weighted by Crippen LogP contribution is 2.17. The lowest BCUT2D eigenvalue weighted by molar-refractivity contribution is -0.887. The monoisotopic (exact) mass is 783 g/mol. The molecule has 8 heteroatoms. The molecular formula is C47H92NO7+. The van der Waals surface area contributed by atoms with Crippen molar-refractivity contribution < 1.29 is 38.2 Å². The molecule has 55 heavy (non-hydrogen) atoms. The molecular weight excluding hydrogens is 691 g/mol. The van der Waals surface area contributed by atoms with Gasteiger partial charge >= 0.3 is 17.9 Å². The average Bonchev–Trinajstić information content (AvgIpc) is 3.14. The van der Waals surface area contributed by atoms with Crippen LogP contribution in [0.4, 0.5) is 0 Å². The van der Waals surface area contributed by atoms with Crippen LogP contribution in [0.2, 0.25) is 0 Å². The first-order valence-corrected chi connectivity index (χ1v) is 23.6. The molecule has 0 aromatic heterocycles. The lowest BCUT2D eigenvalue weighted by atomic mass is 10.0. The number of nitrogens with zero attached hydrogens (tertiary/aromatic N) is 1. The van der Waals surface area contributed by atoms with E-state index in [1.54, 1.807) is 0 Å². The summed E-state index contributed by atoms with van der Waals surface area (Å²) < 4.78 is 17.2. The Labute approximate surface area is 340 Å². The van der Waals surface area contributed by atoms with Crippen molar-refractivity contribution in [3.8, 4) is 0 Å². The summed E-state index contributed by atoms with van der Waals surface area (Å²) in [6.45, 7) is 4.74. The fourth-order valence-electron chi connectivity index (χ4n) is 7.33. The molecule has 8 nitrogen and oxygen atoms in total. The Kier molecular flexibility index (Phi) is 38.0. The zero-order chi connectivity index (χ0) is 40.7. The number of hydrogen-bond donors (Lipinski definition) is 1. The first-order chi connectivity index (χ1) is 26.6. The molecule has 0 aliphatic rings. The van der Waals surface area contributed by atoms with Gasteiger partial charge in [0.1, 0.15) is 6.61 Å². The summed E-state index contributed by atoms with van der Waals surface area (Å²) >= 11 is 0. The molecule has 2 atom stereocenters. The number of carbonyl (C=O) groups is 3. The van der Waals surface area contributed by atoms with E-state index in [0.717, 1.165) is 38.5 Å². The van der Waals surface area contributed by atoms with E-state index in [4.69, 9.17) is 14.2 Å². The van der Waals surface area contributed by atoms with Gasteiger partial charge in [0.15, 0.2) is 12.1 Å². The number of hydrogen-bond acceptors (Lipinski definition) is 6. The molecule has 0 radical (unpaired) electrons. The van der Waals surface area contributed by atoms with Crippen LogP contribution in [0.25, 0.3) is 0 Å². The summed E-state index contributed by atoms with van der Waals surface area (Å²) in [4.78, 5) is 36.8. The Hall–Kier alpha value is -1.67. The van der Waals surface area contributed by atoms with E-state index in [9.17, 15) is 19.5 Å². The quantitative estimate of drug-likeness (QED) is 0.0373. The minimum absolute atomic E-state index is 0.0426. The molecule has 0 spiro atoms. The molecule has 326 valence electrons. The molecule has 0 aliphatic heterocycles. The van der Waals surface area contributed by atoms with E-state index in [-0.39, 0.29) is 36.2 Å². The van der Waals surface area contributed by atoms with Gasteiger partial charge in [-0.15, -0.1) is 0 Å². The second kappa shape index (κ2) is 39.2. The first kappa shape index (κ1) is 53.3. The predicted molar refractivity (Wildman–Crippen MR) is 229 cm³/mol. The van der Waals surface area contributed by atoms with E-state index in [1.165, 1.54) is 161 Å². The first-order valence-electron chi connectivity index (χ1n) is 23.6. The van der Waals surface area contributed by atoms with Gasteiger partial charge in [-0.25, -0.2) is 4.79 Å². The minimum atomic E-state index is -0.871. The number of aliphatic carboxylic acids is 1. The van der Waals surface area contributed by atoms with Crippen LogP contribution in [0.15, 0.2) is 0 Å². The molecule has 0 fully saturated rings. The Morgan fingerprint density at radius 3 is 1.13 bits per heavy atom. The molecule has 0 rings (SSSR count). The fourth-order valence-corrected chi connectivity index (χ4v) is 7.33. The van der Waals surface area contributed by atoms with Crippen LogP contribution >= 0.6 is 0 Å². The maximum atomic E-state index is 12.6.